The first kappa shape index (κ1) is 12.5. The lowest BCUT2D eigenvalue weighted by atomic mass is 10.1. The Kier molecular flexibility index (Phi) is 5.38. The monoisotopic (exact) mass is 218 g/mol. The summed E-state index contributed by atoms with van der Waals surface area (Å²) in [6, 6.07) is 10.2. The molecule has 0 fully saturated rings. The molecule has 0 aliphatic carbocycles. The summed E-state index contributed by atoms with van der Waals surface area (Å²) in [4.78, 5) is 0. The van der Waals surface area contributed by atoms with Crippen LogP contribution >= 0.6 is 0 Å². The Morgan fingerprint density at radius 2 is 2.19 bits per heavy atom. The number of ether oxygens (including phenoxy) is 1. The fraction of sp³-hybridized carbons (Fsp3) is 0.462. The Balaban J connectivity index is 2.46. The molecule has 0 aromatic heterocycles. The van der Waals surface area contributed by atoms with Gasteiger partial charge in [0.15, 0.2) is 0 Å². The molecular formula is C13H18N2O. The van der Waals surface area contributed by atoms with Crippen LogP contribution in [0.1, 0.15) is 18.9 Å². The average molecular weight is 218 g/mol. The lowest BCUT2D eigenvalue weighted by Gasteiger charge is -2.10. The minimum atomic E-state index is 0.0923. The van der Waals surface area contributed by atoms with Gasteiger partial charge in [-0.1, -0.05) is 25.1 Å². The second-order valence-electron chi connectivity index (χ2n) is 3.68. The molecule has 0 aliphatic heterocycles. The van der Waals surface area contributed by atoms with Crippen molar-refractivity contribution >= 4 is 0 Å². The number of rotatable bonds is 6. The van der Waals surface area contributed by atoms with E-state index >= 15 is 0 Å². The first-order chi connectivity index (χ1) is 7.81. The molecule has 16 heavy (non-hydrogen) atoms. The summed E-state index contributed by atoms with van der Waals surface area (Å²) in [6.07, 6.45) is 0.884. The molecule has 3 heteroatoms. The number of hydrogen-bond donors (Lipinski definition) is 1. The highest BCUT2D eigenvalue weighted by molar-refractivity contribution is 5.32. The smallest absolute Gasteiger partial charge is 0.123 e. The van der Waals surface area contributed by atoms with Crippen LogP contribution in [0.3, 0.4) is 0 Å². The largest absolute Gasteiger partial charge is 0.496 e. The number of nitrogens with one attached hydrogen (secondary N) is 1. The van der Waals surface area contributed by atoms with Crippen LogP contribution in [0, 0.1) is 17.2 Å². The molecule has 1 aromatic rings. The molecule has 3 nitrogen and oxygen atoms in total. The molecule has 1 N–H and O–H groups in total. The van der Waals surface area contributed by atoms with Crippen LogP contribution in [0.15, 0.2) is 24.3 Å². The zero-order valence-corrected chi connectivity index (χ0v) is 9.86. The van der Waals surface area contributed by atoms with Gasteiger partial charge in [0.05, 0.1) is 19.1 Å². The molecule has 0 bridgehead atoms. The van der Waals surface area contributed by atoms with Crippen molar-refractivity contribution in [1.82, 2.24) is 5.32 Å². The maximum atomic E-state index is 8.81. The van der Waals surface area contributed by atoms with E-state index in [1.165, 1.54) is 0 Å². The highest BCUT2D eigenvalue weighted by atomic mass is 16.5. The molecule has 0 aliphatic rings. The topological polar surface area (TPSA) is 45.0 Å². The second-order valence-corrected chi connectivity index (χ2v) is 3.68. The Labute approximate surface area is 97.0 Å². The van der Waals surface area contributed by atoms with Crippen molar-refractivity contribution in [1.29, 1.82) is 5.26 Å². The first-order valence-corrected chi connectivity index (χ1v) is 5.54. The quantitative estimate of drug-likeness (QED) is 0.797. The van der Waals surface area contributed by atoms with Gasteiger partial charge in [0.2, 0.25) is 0 Å². The summed E-state index contributed by atoms with van der Waals surface area (Å²) >= 11 is 0. The lowest BCUT2D eigenvalue weighted by molar-refractivity contribution is 0.407. The van der Waals surface area contributed by atoms with Gasteiger partial charge in [-0.2, -0.15) is 5.26 Å². The SMILES string of the molecule is CCC(C#N)CNCc1ccccc1OC. The zero-order chi connectivity index (χ0) is 11.8. The number of benzene rings is 1. The van der Waals surface area contributed by atoms with Crippen molar-refractivity contribution in [3.05, 3.63) is 29.8 Å². The van der Waals surface area contributed by atoms with Gasteiger partial charge < -0.3 is 10.1 Å². The van der Waals surface area contributed by atoms with E-state index in [1.807, 2.05) is 31.2 Å². The van der Waals surface area contributed by atoms with Crippen LogP contribution in [0.25, 0.3) is 0 Å². The van der Waals surface area contributed by atoms with Gasteiger partial charge in [0.25, 0.3) is 0 Å². The van der Waals surface area contributed by atoms with Crippen LogP contribution < -0.4 is 10.1 Å². The van der Waals surface area contributed by atoms with E-state index in [-0.39, 0.29) is 5.92 Å². The number of para-hydroxylation sites is 1. The van der Waals surface area contributed by atoms with Crippen molar-refractivity contribution < 1.29 is 4.74 Å². The van der Waals surface area contributed by atoms with E-state index in [9.17, 15) is 0 Å². The molecule has 0 spiro atoms. The minimum Gasteiger partial charge on any atom is -0.496 e. The normalized spacial score (nSPS) is 11.8. The van der Waals surface area contributed by atoms with E-state index in [0.29, 0.717) is 0 Å². The fourth-order valence-electron chi connectivity index (χ4n) is 1.51. The summed E-state index contributed by atoms with van der Waals surface area (Å²) in [5.74, 6) is 0.981. The Morgan fingerprint density at radius 1 is 1.44 bits per heavy atom. The number of methoxy groups -OCH3 is 1. The van der Waals surface area contributed by atoms with E-state index < -0.39 is 0 Å². The predicted molar refractivity (Wildman–Crippen MR) is 64.1 cm³/mol. The maximum absolute atomic E-state index is 8.81. The van der Waals surface area contributed by atoms with Crippen molar-refractivity contribution in [2.45, 2.75) is 19.9 Å². The Bertz CT molecular complexity index is 357. The summed E-state index contributed by atoms with van der Waals surface area (Å²) in [6.45, 7) is 3.49. The number of hydrogen-bond acceptors (Lipinski definition) is 3. The van der Waals surface area contributed by atoms with E-state index in [0.717, 1.165) is 30.8 Å². The van der Waals surface area contributed by atoms with Gasteiger partial charge in [-0.05, 0) is 12.5 Å². The van der Waals surface area contributed by atoms with Crippen molar-refractivity contribution in [3.8, 4) is 11.8 Å². The van der Waals surface area contributed by atoms with Gasteiger partial charge in [-0.3, -0.25) is 0 Å². The van der Waals surface area contributed by atoms with Gasteiger partial charge in [-0.15, -0.1) is 0 Å². The number of nitriles is 1. The van der Waals surface area contributed by atoms with Crippen LogP contribution in [-0.4, -0.2) is 13.7 Å². The van der Waals surface area contributed by atoms with Crippen LogP contribution in [0.5, 0.6) is 5.75 Å². The van der Waals surface area contributed by atoms with Gasteiger partial charge >= 0.3 is 0 Å². The molecule has 1 rings (SSSR count). The third kappa shape index (κ3) is 3.56. The van der Waals surface area contributed by atoms with Crippen molar-refractivity contribution in [2.75, 3.05) is 13.7 Å². The minimum absolute atomic E-state index is 0.0923. The molecule has 1 aromatic carbocycles. The standard InChI is InChI=1S/C13H18N2O/c1-3-11(8-14)9-15-10-12-6-4-5-7-13(12)16-2/h4-7,11,15H,3,9-10H2,1-2H3. The molecule has 0 radical (unpaired) electrons. The van der Waals surface area contributed by atoms with Gasteiger partial charge in [-0.25, -0.2) is 0 Å². The summed E-state index contributed by atoms with van der Waals surface area (Å²) in [7, 11) is 1.67. The number of nitrogens with zero attached hydrogens (tertiary/aromatic N) is 1. The predicted octanol–water partition coefficient (Wildman–Crippen LogP) is 2.33. The summed E-state index contributed by atoms with van der Waals surface area (Å²) < 4.78 is 5.25. The van der Waals surface area contributed by atoms with E-state index in [1.54, 1.807) is 7.11 Å². The van der Waals surface area contributed by atoms with Crippen LogP contribution in [-0.2, 0) is 6.54 Å². The van der Waals surface area contributed by atoms with Gasteiger partial charge in [0, 0.05) is 18.7 Å². The molecule has 1 unspecified atom stereocenters. The fourth-order valence-corrected chi connectivity index (χ4v) is 1.51. The van der Waals surface area contributed by atoms with Crippen LogP contribution in [0.2, 0.25) is 0 Å². The van der Waals surface area contributed by atoms with E-state index in [2.05, 4.69) is 11.4 Å². The Morgan fingerprint density at radius 3 is 2.81 bits per heavy atom. The Hall–Kier alpha value is -1.53. The first-order valence-electron chi connectivity index (χ1n) is 5.54. The van der Waals surface area contributed by atoms with Crippen LogP contribution in [0.4, 0.5) is 0 Å². The molecule has 86 valence electrons. The zero-order valence-electron chi connectivity index (χ0n) is 9.86. The molecule has 0 saturated heterocycles. The molecular weight excluding hydrogens is 200 g/mol. The third-order valence-electron chi connectivity index (χ3n) is 2.57. The average Bonchev–Trinajstić information content (AvgIpc) is 2.35. The van der Waals surface area contributed by atoms with Gasteiger partial charge in [0.1, 0.15) is 5.75 Å². The van der Waals surface area contributed by atoms with Crippen molar-refractivity contribution in [3.63, 3.8) is 0 Å². The van der Waals surface area contributed by atoms with E-state index in [4.69, 9.17) is 10.00 Å². The molecule has 0 amide bonds. The lowest BCUT2D eigenvalue weighted by Crippen LogP contribution is -2.21. The highest BCUT2D eigenvalue weighted by Crippen LogP contribution is 2.16. The summed E-state index contributed by atoms with van der Waals surface area (Å²) in [5.41, 5.74) is 1.12. The molecule has 0 saturated carbocycles. The maximum Gasteiger partial charge on any atom is 0.123 e. The van der Waals surface area contributed by atoms with Crippen molar-refractivity contribution in [2.24, 2.45) is 5.92 Å². The highest BCUT2D eigenvalue weighted by Gasteiger charge is 2.05. The third-order valence-corrected chi connectivity index (χ3v) is 2.57. The summed E-state index contributed by atoms with van der Waals surface area (Å²) in [5, 5.41) is 12.1. The molecule has 1 atom stereocenters. The molecule has 0 heterocycles. The second kappa shape index (κ2) is 6.86.